The van der Waals surface area contributed by atoms with Gasteiger partial charge in [0.15, 0.2) is 0 Å². The van der Waals surface area contributed by atoms with Crippen molar-refractivity contribution in [2.45, 2.75) is 11.5 Å². The summed E-state index contributed by atoms with van der Waals surface area (Å²) in [4.78, 5) is -0.116. The number of nitrogens with zero attached hydrogens (tertiary/aromatic N) is 1. The molecule has 1 aromatic heterocycles. The zero-order chi connectivity index (χ0) is 15.7. The van der Waals surface area contributed by atoms with Gasteiger partial charge in [-0.05, 0) is 23.8 Å². The van der Waals surface area contributed by atoms with Gasteiger partial charge in [0.2, 0.25) is 0 Å². The number of aromatic nitrogens is 1. The standard InChI is InChI=1S/C16H15NO4S/c1-17-10-16(22(18,19)20)14-9-13(7-8-15(14)17)21-11-12-5-3-2-4-6-12/h2-10H,11H2,1H3,(H,18,19,20). The number of hydrogen-bond acceptors (Lipinski definition) is 3. The van der Waals surface area contributed by atoms with E-state index in [4.69, 9.17) is 4.74 Å². The Morgan fingerprint density at radius 1 is 1.14 bits per heavy atom. The predicted octanol–water partition coefficient (Wildman–Crippen LogP) is 3.00. The summed E-state index contributed by atoms with van der Waals surface area (Å²) in [7, 11) is -2.55. The summed E-state index contributed by atoms with van der Waals surface area (Å²) in [6.45, 7) is 0.389. The van der Waals surface area contributed by atoms with Crippen LogP contribution in [0.1, 0.15) is 5.56 Å². The molecule has 1 N–H and O–H groups in total. The summed E-state index contributed by atoms with van der Waals surface area (Å²) in [5, 5.41) is 0.440. The molecule has 0 fully saturated rings. The molecule has 0 bridgehead atoms. The van der Waals surface area contributed by atoms with Gasteiger partial charge >= 0.3 is 0 Å². The van der Waals surface area contributed by atoms with Gasteiger partial charge in [0.25, 0.3) is 10.1 Å². The van der Waals surface area contributed by atoms with Gasteiger partial charge < -0.3 is 9.30 Å². The van der Waals surface area contributed by atoms with E-state index in [-0.39, 0.29) is 4.90 Å². The molecular weight excluding hydrogens is 302 g/mol. The van der Waals surface area contributed by atoms with Crippen molar-refractivity contribution in [1.82, 2.24) is 4.57 Å². The molecule has 5 nitrogen and oxygen atoms in total. The maximum absolute atomic E-state index is 11.5. The predicted molar refractivity (Wildman–Crippen MR) is 83.5 cm³/mol. The molecule has 0 saturated carbocycles. The zero-order valence-electron chi connectivity index (χ0n) is 11.9. The molecule has 0 unspecified atom stereocenters. The lowest BCUT2D eigenvalue weighted by atomic mass is 10.2. The van der Waals surface area contributed by atoms with Gasteiger partial charge in [-0.15, -0.1) is 0 Å². The SMILES string of the molecule is Cn1cc(S(=O)(=O)O)c2cc(OCc3ccccc3)ccc21. The van der Waals surface area contributed by atoms with Crippen molar-refractivity contribution in [3.63, 3.8) is 0 Å². The van der Waals surface area contributed by atoms with Crippen molar-refractivity contribution in [2.24, 2.45) is 7.05 Å². The molecule has 1 heterocycles. The normalized spacial score (nSPS) is 11.7. The highest BCUT2D eigenvalue weighted by Gasteiger charge is 2.18. The third-order valence-corrected chi connectivity index (χ3v) is 4.33. The third kappa shape index (κ3) is 2.84. The van der Waals surface area contributed by atoms with Crippen molar-refractivity contribution in [3.8, 4) is 5.75 Å². The first-order valence-corrected chi connectivity index (χ1v) is 8.12. The van der Waals surface area contributed by atoms with Gasteiger partial charge in [-0.3, -0.25) is 4.55 Å². The molecule has 0 saturated heterocycles. The Morgan fingerprint density at radius 3 is 2.55 bits per heavy atom. The molecule has 22 heavy (non-hydrogen) atoms. The second-order valence-corrected chi connectivity index (χ2v) is 6.42. The van der Waals surface area contributed by atoms with E-state index in [1.54, 1.807) is 29.8 Å². The molecule has 0 spiro atoms. The lowest BCUT2D eigenvalue weighted by Crippen LogP contribution is -1.97. The smallest absolute Gasteiger partial charge is 0.296 e. The molecular formula is C16H15NO4S. The summed E-state index contributed by atoms with van der Waals surface area (Å²) in [5.41, 5.74) is 1.73. The first-order chi connectivity index (χ1) is 10.4. The molecule has 0 aliphatic heterocycles. The number of benzene rings is 2. The van der Waals surface area contributed by atoms with E-state index < -0.39 is 10.1 Å². The molecule has 0 aliphatic carbocycles. The van der Waals surface area contributed by atoms with Gasteiger partial charge in [0.1, 0.15) is 17.3 Å². The van der Waals surface area contributed by atoms with Crippen molar-refractivity contribution in [2.75, 3.05) is 0 Å². The quantitative estimate of drug-likeness (QED) is 0.751. The Bertz CT molecular complexity index is 914. The van der Waals surface area contributed by atoms with Crippen LogP contribution in [0.25, 0.3) is 10.9 Å². The van der Waals surface area contributed by atoms with Crippen LogP contribution in [0.5, 0.6) is 5.75 Å². The fourth-order valence-electron chi connectivity index (χ4n) is 2.37. The molecule has 3 aromatic rings. The minimum absolute atomic E-state index is 0.116. The van der Waals surface area contributed by atoms with E-state index in [0.29, 0.717) is 23.3 Å². The third-order valence-electron chi connectivity index (χ3n) is 3.45. The molecule has 0 radical (unpaired) electrons. The number of rotatable bonds is 4. The minimum Gasteiger partial charge on any atom is -0.489 e. The van der Waals surface area contributed by atoms with Crippen LogP contribution in [0.2, 0.25) is 0 Å². The average Bonchev–Trinajstić information content (AvgIpc) is 2.83. The summed E-state index contributed by atoms with van der Waals surface area (Å²) in [6.07, 6.45) is 1.39. The Labute approximate surface area is 128 Å². The maximum Gasteiger partial charge on any atom is 0.296 e. The van der Waals surface area contributed by atoms with Crippen molar-refractivity contribution >= 4 is 21.0 Å². The molecule has 2 aromatic carbocycles. The highest BCUT2D eigenvalue weighted by Crippen LogP contribution is 2.28. The van der Waals surface area contributed by atoms with Gasteiger partial charge in [0.05, 0.1) is 0 Å². The summed E-state index contributed by atoms with van der Waals surface area (Å²) in [6, 6.07) is 14.9. The Hall–Kier alpha value is -2.31. The lowest BCUT2D eigenvalue weighted by molar-refractivity contribution is 0.306. The topological polar surface area (TPSA) is 68.5 Å². The Morgan fingerprint density at radius 2 is 1.86 bits per heavy atom. The van der Waals surface area contributed by atoms with E-state index in [9.17, 15) is 13.0 Å². The summed E-state index contributed by atoms with van der Waals surface area (Å²) in [5.74, 6) is 0.549. The van der Waals surface area contributed by atoms with E-state index in [0.717, 1.165) is 5.56 Å². The van der Waals surface area contributed by atoms with Crippen LogP contribution in [0.4, 0.5) is 0 Å². The molecule has 0 aliphatic rings. The van der Waals surface area contributed by atoms with E-state index in [1.807, 2.05) is 30.3 Å². The Kier molecular flexibility index (Phi) is 3.64. The van der Waals surface area contributed by atoms with E-state index >= 15 is 0 Å². The second-order valence-electron chi connectivity index (χ2n) is 5.03. The van der Waals surface area contributed by atoms with Crippen LogP contribution in [0.3, 0.4) is 0 Å². The van der Waals surface area contributed by atoms with Gasteiger partial charge in [-0.2, -0.15) is 8.42 Å². The van der Waals surface area contributed by atoms with Crippen LogP contribution in [-0.2, 0) is 23.8 Å². The molecule has 114 valence electrons. The van der Waals surface area contributed by atoms with Gasteiger partial charge in [-0.25, -0.2) is 0 Å². The van der Waals surface area contributed by atoms with Crippen LogP contribution in [-0.4, -0.2) is 17.5 Å². The monoisotopic (exact) mass is 317 g/mol. The fourth-order valence-corrected chi connectivity index (χ4v) is 3.10. The first kappa shape index (κ1) is 14.6. The van der Waals surface area contributed by atoms with Crippen LogP contribution >= 0.6 is 0 Å². The van der Waals surface area contributed by atoms with E-state index in [1.165, 1.54) is 6.20 Å². The number of hydrogen-bond donors (Lipinski definition) is 1. The van der Waals surface area contributed by atoms with E-state index in [2.05, 4.69) is 0 Å². The summed E-state index contributed by atoms with van der Waals surface area (Å²) < 4.78 is 39.6. The number of fused-ring (bicyclic) bond motifs is 1. The Balaban J connectivity index is 1.95. The van der Waals surface area contributed by atoms with Crippen LogP contribution < -0.4 is 4.74 Å². The zero-order valence-corrected chi connectivity index (χ0v) is 12.7. The highest BCUT2D eigenvalue weighted by molar-refractivity contribution is 7.86. The highest BCUT2D eigenvalue weighted by atomic mass is 32.2. The fraction of sp³-hybridized carbons (Fsp3) is 0.125. The van der Waals surface area contributed by atoms with Gasteiger partial charge in [-0.1, -0.05) is 30.3 Å². The molecule has 0 amide bonds. The summed E-state index contributed by atoms with van der Waals surface area (Å²) >= 11 is 0. The lowest BCUT2D eigenvalue weighted by Gasteiger charge is -2.07. The first-order valence-electron chi connectivity index (χ1n) is 6.68. The van der Waals surface area contributed by atoms with Crippen molar-refractivity contribution in [1.29, 1.82) is 0 Å². The largest absolute Gasteiger partial charge is 0.489 e. The number of ether oxygens (including phenoxy) is 1. The maximum atomic E-state index is 11.5. The van der Waals surface area contributed by atoms with Crippen molar-refractivity contribution in [3.05, 3.63) is 60.3 Å². The van der Waals surface area contributed by atoms with Gasteiger partial charge in [0, 0.05) is 24.1 Å². The van der Waals surface area contributed by atoms with Crippen molar-refractivity contribution < 1.29 is 17.7 Å². The molecule has 6 heteroatoms. The molecule has 0 atom stereocenters. The minimum atomic E-state index is -4.27. The second kappa shape index (κ2) is 5.47. The van der Waals surface area contributed by atoms with Crippen LogP contribution in [0, 0.1) is 0 Å². The molecule has 3 rings (SSSR count). The number of aryl methyl sites for hydroxylation is 1. The van der Waals surface area contributed by atoms with Crippen LogP contribution in [0.15, 0.2) is 59.6 Å². The average molecular weight is 317 g/mol.